The average Bonchev–Trinajstić information content (AvgIpc) is 2.74. The van der Waals surface area contributed by atoms with Crippen LogP contribution in [0, 0.1) is 0 Å². The summed E-state index contributed by atoms with van der Waals surface area (Å²) in [6, 6.07) is 0. The van der Waals surface area contributed by atoms with Gasteiger partial charge in [0.15, 0.2) is 0 Å². The molecule has 1 heterocycles. The van der Waals surface area contributed by atoms with Crippen molar-refractivity contribution >= 4 is 0 Å². The van der Waals surface area contributed by atoms with Gasteiger partial charge >= 0.3 is 0 Å². The van der Waals surface area contributed by atoms with Crippen LogP contribution in [0.1, 0.15) is 39.5 Å². The van der Waals surface area contributed by atoms with Crippen LogP contribution in [0.4, 0.5) is 0 Å². The van der Waals surface area contributed by atoms with Gasteiger partial charge in [-0.05, 0) is 32.7 Å². The molecule has 0 aliphatic carbocycles. The summed E-state index contributed by atoms with van der Waals surface area (Å²) >= 11 is 0. The molecule has 0 spiro atoms. The molecule has 15 heavy (non-hydrogen) atoms. The van der Waals surface area contributed by atoms with Gasteiger partial charge in [0, 0.05) is 13.2 Å². The van der Waals surface area contributed by atoms with E-state index in [1.807, 2.05) is 0 Å². The molecule has 1 fully saturated rings. The summed E-state index contributed by atoms with van der Waals surface area (Å²) < 4.78 is 11.2. The minimum Gasteiger partial charge on any atom is -0.376 e. The molecule has 1 N–H and O–H groups in total. The quantitative estimate of drug-likeness (QED) is 0.628. The fourth-order valence-electron chi connectivity index (χ4n) is 1.71. The highest BCUT2D eigenvalue weighted by atomic mass is 16.5. The minimum absolute atomic E-state index is 0.297. The van der Waals surface area contributed by atoms with Gasteiger partial charge in [0.1, 0.15) is 0 Å². The Labute approximate surface area is 93.5 Å². The normalized spacial score (nSPS) is 23.2. The number of hydrogen-bond acceptors (Lipinski definition) is 3. The molecule has 0 bridgehead atoms. The van der Waals surface area contributed by atoms with E-state index < -0.39 is 0 Å². The molecule has 1 aliphatic rings. The third kappa shape index (κ3) is 6.13. The van der Waals surface area contributed by atoms with Crippen molar-refractivity contribution in [2.75, 3.05) is 26.3 Å². The Hall–Kier alpha value is -0.120. The smallest absolute Gasteiger partial charge is 0.0809 e. The van der Waals surface area contributed by atoms with Crippen molar-refractivity contribution in [1.82, 2.24) is 5.32 Å². The molecule has 0 aromatic heterocycles. The summed E-state index contributed by atoms with van der Waals surface area (Å²) in [5.74, 6) is 0. The molecular formula is C12H25NO2. The van der Waals surface area contributed by atoms with Crippen LogP contribution in [0.5, 0.6) is 0 Å². The first-order chi connectivity index (χ1) is 7.33. The summed E-state index contributed by atoms with van der Waals surface area (Å²) in [6.07, 6.45) is 5.50. The largest absolute Gasteiger partial charge is 0.376 e. The van der Waals surface area contributed by atoms with Crippen molar-refractivity contribution in [3.8, 4) is 0 Å². The van der Waals surface area contributed by atoms with Gasteiger partial charge in [-0.15, -0.1) is 0 Å². The molecule has 0 aromatic carbocycles. The Kier molecular flexibility index (Phi) is 6.98. The summed E-state index contributed by atoms with van der Waals surface area (Å²) in [4.78, 5) is 0. The van der Waals surface area contributed by atoms with Gasteiger partial charge in [-0.2, -0.15) is 0 Å². The first kappa shape index (κ1) is 12.9. The van der Waals surface area contributed by atoms with Crippen LogP contribution in [-0.4, -0.2) is 38.5 Å². The predicted molar refractivity (Wildman–Crippen MR) is 62.2 cm³/mol. The number of rotatable bonds is 8. The molecule has 2 atom stereocenters. The van der Waals surface area contributed by atoms with Crippen molar-refractivity contribution in [2.45, 2.75) is 51.7 Å². The molecule has 0 amide bonds. The highest BCUT2D eigenvalue weighted by Gasteiger charge is 2.16. The Morgan fingerprint density at radius 1 is 1.53 bits per heavy atom. The van der Waals surface area contributed by atoms with Crippen molar-refractivity contribution in [3.63, 3.8) is 0 Å². The van der Waals surface area contributed by atoms with Crippen molar-refractivity contribution in [2.24, 2.45) is 0 Å². The summed E-state index contributed by atoms with van der Waals surface area (Å²) in [5.41, 5.74) is 0. The van der Waals surface area contributed by atoms with E-state index in [2.05, 4.69) is 19.2 Å². The molecule has 3 heteroatoms. The van der Waals surface area contributed by atoms with Crippen LogP contribution in [-0.2, 0) is 9.47 Å². The minimum atomic E-state index is 0.297. The summed E-state index contributed by atoms with van der Waals surface area (Å²) in [5, 5.41) is 3.40. The lowest BCUT2D eigenvalue weighted by Gasteiger charge is -2.16. The zero-order valence-electron chi connectivity index (χ0n) is 10.1. The zero-order valence-corrected chi connectivity index (χ0v) is 10.1. The van der Waals surface area contributed by atoms with E-state index in [-0.39, 0.29) is 0 Å². The van der Waals surface area contributed by atoms with E-state index in [9.17, 15) is 0 Å². The van der Waals surface area contributed by atoms with E-state index in [0.717, 1.165) is 32.7 Å². The van der Waals surface area contributed by atoms with E-state index in [0.29, 0.717) is 12.2 Å². The van der Waals surface area contributed by atoms with E-state index in [1.165, 1.54) is 19.3 Å². The first-order valence-corrected chi connectivity index (χ1v) is 6.27. The predicted octanol–water partition coefficient (Wildman–Crippen LogP) is 1.96. The lowest BCUT2D eigenvalue weighted by atomic mass is 10.2. The molecule has 1 rings (SSSR count). The number of unbranched alkanes of at least 4 members (excludes halogenated alkanes) is 1. The van der Waals surface area contributed by atoms with Crippen LogP contribution in [0.3, 0.4) is 0 Å². The zero-order chi connectivity index (χ0) is 10.9. The van der Waals surface area contributed by atoms with Crippen molar-refractivity contribution in [3.05, 3.63) is 0 Å². The lowest BCUT2D eigenvalue weighted by molar-refractivity contribution is -0.0132. The molecule has 0 saturated carbocycles. The van der Waals surface area contributed by atoms with Gasteiger partial charge in [-0.3, -0.25) is 0 Å². The molecule has 1 saturated heterocycles. The van der Waals surface area contributed by atoms with Crippen LogP contribution in [0.25, 0.3) is 0 Å². The second kappa shape index (κ2) is 8.08. The fourth-order valence-corrected chi connectivity index (χ4v) is 1.71. The second-order valence-electron chi connectivity index (χ2n) is 4.34. The Morgan fingerprint density at radius 3 is 3.07 bits per heavy atom. The molecule has 3 nitrogen and oxygen atoms in total. The fraction of sp³-hybridized carbons (Fsp3) is 1.00. The third-order valence-electron chi connectivity index (χ3n) is 2.73. The van der Waals surface area contributed by atoms with Gasteiger partial charge in [-0.1, -0.05) is 13.3 Å². The maximum Gasteiger partial charge on any atom is 0.0809 e. The second-order valence-corrected chi connectivity index (χ2v) is 4.34. The first-order valence-electron chi connectivity index (χ1n) is 6.27. The van der Waals surface area contributed by atoms with Gasteiger partial charge in [0.05, 0.1) is 18.8 Å². The van der Waals surface area contributed by atoms with Crippen LogP contribution < -0.4 is 5.32 Å². The molecule has 2 unspecified atom stereocenters. The highest BCUT2D eigenvalue weighted by molar-refractivity contribution is 4.65. The molecular weight excluding hydrogens is 190 g/mol. The van der Waals surface area contributed by atoms with Crippen molar-refractivity contribution < 1.29 is 9.47 Å². The van der Waals surface area contributed by atoms with Crippen LogP contribution >= 0.6 is 0 Å². The van der Waals surface area contributed by atoms with Gasteiger partial charge in [0.25, 0.3) is 0 Å². The number of ether oxygens (including phenoxy) is 2. The Bertz CT molecular complexity index is 147. The summed E-state index contributed by atoms with van der Waals surface area (Å²) in [7, 11) is 0. The monoisotopic (exact) mass is 215 g/mol. The third-order valence-corrected chi connectivity index (χ3v) is 2.73. The van der Waals surface area contributed by atoms with E-state index in [4.69, 9.17) is 9.47 Å². The lowest BCUT2D eigenvalue weighted by Crippen LogP contribution is -2.30. The molecule has 90 valence electrons. The maximum absolute atomic E-state index is 5.72. The van der Waals surface area contributed by atoms with E-state index in [1.54, 1.807) is 0 Å². The van der Waals surface area contributed by atoms with Crippen molar-refractivity contribution in [1.29, 1.82) is 0 Å². The van der Waals surface area contributed by atoms with Gasteiger partial charge in [0.2, 0.25) is 0 Å². The number of nitrogens with one attached hydrogen (secondary N) is 1. The Morgan fingerprint density at radius 2 is 2.40 bits per heavy atom. The molecule has 0 aromatic rings. The summed E-state index contributed by atoms with van der Waals surface area (Å²) in [6.45, 7) is 8.05. The van der Waals surface area contributed by atoms with E-state index >= 15 is 0 Å². The highest BCUT2D eigenvalue weighted by Crippen LogP contribution is 2.12. The maximum atomic E-state index is 5.72. The van der Waals surface area contributed by atoms with Gasteiger partial charge in [-0.25, -0.2) is 0 Å². The topological polar surface area (TPSA) is 30.5 Å². The Balaban J connectivity index is 1.90. The molecule has 1 aliphatic heterocycles. The standard InChI is InChI=1S/C12H25NO2/c1-3-4-7-13-9-11(2)15-10-12-6-5-8-14-12/h11-13H,3-10H2,1-2H3. The van der Waals surface area contributed by atoms with Crippen LogP contribution in [0.15, 0.2) is 0 Å². The average molecular weight is 215 g/mol. The number of hydrogen-bond donors (Lipinski definition) is 1. The van der Waals surface area contributed by atoms with Gasteiger partial charge < -0.3 is 14.8 Å². The molecule has 0 radical (unpaired) electrons. The van der Waals surface area contributed by atoms with Crippen LogP contribution in [0.2, 0.25) is 0 Å². The SMILES string of the molecule is CCCCNCC(C)OCC1CCCO1.